The number of thiophene rings is 1. The first-order chi connectivity index (χ1) is 13.1. The third kappa shape index (κ3) is 4.55. The van der Waals surface area contributed by atoms with Crippen LogP contribution >= 0.6 is 11.3 Å². The normalized spacial score (nSPS) is 16.4. The highest BCUT2D eigenvalue weighted by atomic mass is 32.1. The van der Waals surface area contributed by atoms with Gasteiger partial charge < -0.3 is 15.8 Å². The molecule has 2 amide bonds. The van der Waals surface area contributed by atoms with E-state index in [2.05, 4.69) is 33.0 Å². The number of carbonyl (C=O) groups is 2. The van der Waals surface area contributed by atoms with Gasteiger partial charge in [0.2, 0.25) is 0 Å². The van der Waals surface area contributed by atoms with Gasteiger partial charge in [0, 0.05) is 4.88 Å². The Balaban J connectivity index is 1.66. The van der Waals surface area contributed by atoms with E-state index in [1.807, 2.05) is 24.3 Å². The lowest BCUT2D eigenvalue weighted by Gasteiger charge is -2.19. The van der Waals surface area contributed by atoms with Crippen molar-refractivity contribution in [2.24, 2.45) is 11.7 Å². The van der Waals surface area contributed by atoms with Crippen molar-refractivity contribution in [2.45, 2.75) is 52.4 Å². The summed E-state index contributed by atoms with van der Waals surface area (Å²) >= 11 is 1.46. The van der Waals surface area contributed by atoms with Crippen molar-refractivity contribution in [3.8, 4) is 5.75 Å². The van der Waals surface area contributed by atoms with Crippen LogP contribution in [0.4, 0.5) is 5.00 Å². The molecule has 1 aromatic heterocycles. The smallest absolute Gasteiger partial charge is 0.262 e. The molecule has 1 heterocycles. The summed E-state index contributed by atoms with van der Waals surface area (Å²) in [6.45, 7) is 8.52. The van der Waals surface area contributed by atoms with Gasteiger partial charge in [-0.3, -0.25) is 9.59 Å². The van der Waals surface area contributed by atoms with Crippen LogP contribution in [0, 0.1) is 5.92 Å². The second kappa shape index (κ2) is 7.95. The Bertz CT molecular complexity index is 878. The minimum atomic E-state index is -0.485. The van der Waals surface area contributed by atoms with Gasteiger partial charge in [-0.15, -0.1) is 11.3 Å². The minimum Gasteiger partial charge on any atom is -0.484 e. The first-order valence-electron chi connectivity index (χ1n) is 9.62. The van der Waals surface area contributed by atoms with Crippen LogP contribution in [0.5, 0.6) is 5.75 Å². The van der Waals surface area contributed by atoms with Crippen molar-refractivity contribution in [3.63, 3.8) is 0 Å². The summed E-state index contributed by atoms with van der Waals surface area (Å²) in [4.78, 5) is 25.5. The molecule has 0 bridgehead atoms. The van der Waals surface area contributed by atoms with Crippen molar-refractivity contribution >= 4 is 28.2 Å². The SMILES string of the molecule is C[C@H]1CCc2c(sc(NC(=O)COc3ccc(C(C)(C)C)cc3)c2C(N)=O)C1. The second-order valence-electron chi connectivity index (χ2n) is 8.53. The van der Waals surface area contributed by atoms with Crippen molar-refractivity contribution in [2.75, 3.05) is 11.9 Å². The number of nitrogens with one attached hydrogen (secondary N) is 1. The third-order valence-corrected chi connectivity index (χ3v) is 6.27. The molecule has 0 saturated carbocycles. The molecule has 0 aliphatic heterocycles. The molecule has 0 radical (unpaired) electrons. The number of primary amides is 1. The van der Waals surface area contributed by atoms with Gasteiger partial charge in [0.25, 0.3) is 11.8 Å². The van der Waals surface area contributed by atoms with E-state index in [0.29, 0.717) is 22.2 Å². The van der Waals surface area contributed by atoms with E-state index in [1.165, 1.54) is 16.9 Å². The van der Waals surface area contributed by atoms with Crippen molar-refractivity contribution in [3.05, 3.63) is 45.8 Å². The molecule has 1 aromatic carbocycles. The van der Waals surface area contributed by atoms with Gasteiger partial charge in [0.15, 0.2) is 6.61 Å². The largest absolute Gasteiger partial charge is 0.484 e. The number of ether oxygens (including phenoxy) is 1. The summed E-state index contributed by atoms with van der Waals surface area (Å²) < 4.78 is 5.60. The molecule has 150 valence electrons. The van der Waals surface area contributed by atoms with Gasteiger partial charge in [-0.05, 0) is 53.9 Å². The monoisotopic (exact) mass is 400 g/mol. The number of hydrogen-bond acceptors (Lipinski definition) is 4. The predicted molar refractivity (Wildman–Crippen MR) is 113 cm³/mol. The maximum absolute atomic E-state index is 12.4. The van der Waals surface area contributed by atoms with E-state index >= 15 is 0 Å². The maximum Gasteiger partial charge on any atom is 0.262 e. The molecule has 0 spiro atoms. The van der Waals surface area contributed by atoms with Crippen LogP contribution in [0.3, 0.4) is 0 Å². The molecule has 3 N–H and O–H groups in total. The molecule has 3 rings (SSSR count). The lowest BCUT2D eigenvalue weighted by Crippen LogP contribution is -2.22. The highest BCUT2D eigenvalue weighted by molar-refractivity contribution is 7.17. The topological polar surface area (TPSA) is 81.4 Å². The van der Waals surface area contributed by atoms with E-state index < -0.39 is 5.91 Å². The van der Waals surface area contributed by atoms with Gasteiger partial charge in [-0.2, -0.15) is 0 Å². The first kappa shape index (κ1) is 20.4. The zero-order valence-corrected chi connectivity index (χ0v) is 17.7. The number of carbonyl (C=O) groups excluding carboxylic acids is 2. The molecule has 0 saturated heterocycles. The fraction of sp³-hybridized carbons (Fsp3) is 0.455. The summed E-state index contributed by atoms with van der Waals surface area (Å²) in [6, 6.07) is 7.75. The molecular weight excluding hydrogens is 372 g/mol. The number of anilines is 1. The van der Waals surface area contributed by atoms with E-state index in [0.717, 1.165) is 29.7 Å². The number of hydrogen-bond donors (Lipinski definition) is 2. The molecular formula is C22H28N2O3S. The first-order valence-corrected chi connectivity index (χ1v) is 10.4. The van der Waals surface area contributed by atoms with E-state index in [1.54, 1.807) is 0 Å². The van der Waals surface area contributed by atoms with Crippen LogP contribution < -0.4 is 15.8 Å². The quantitative estimate of drug-likeness (QED) is 0.786. The zero-order valence-electron chi connectivity index (χ0n) is 16.9. The van der Waals surface area contributed by atoms with Gasteiger partial charge in [-0.1, -0.05) is 39.8 Å². The van der Waals surface area contributed by atoms with Gasteiger partial charge in [0.1, 0.15) is 10.8 Å². The lowest BCUT2D eigenvalue weighted by atomic mass is 9.87. The Hall–Kier alpha value is -2.34. The van der Waals surface area contributed by atoms with Crippen LogP contribution in [-0.4, -0.2) is 18.4 Å². The van der Waals surface area contributed by atoms with Crippen LogP contribution in [-0.2, 0) is 23.1 Å². The standard InChI is InChI=1S/C22H28N2O3S/c1-13-5-10-16-17(11-13)28-21(19(16)20(23)26)24-18(25)12-27-15-8-6-14(7-9-15)22(2,3)4/h6-9,13H,5,10-12H2,1-4H3,(H2,23,26)(H,24,25)/t13-/m0/s1. The molecule has 6 heteroatoms. The average Bonchev–Trinajstić information content (AvgIpc) is 2.96. The minimum absolute atomic E-state index is 0.0663. The molecule has 5 nitrogen and oxygen atoms in total. The maximum atomic E-state index is 12.4. The second-order valence-corrected chi connectivity index (χ2v) is 9.64. The summed E-state index contributed by atoms with van der Waals surface area (Å²) in [5, 5.41) is 3.37. The van der Waals surface area contributed by atoms with E-state index in [4.69, 9.17) is 10.5 Å². The molecule has 1 aliphatic carbocycles. The van der Waals surface area contributed by atoms with Crippen molar-refractivity contribution in [1.82, 2.24) is 0 Å². The highest BCUT2D eigenvalue weighted by Gasteiger charge is 2.27. The number of rotatable bonds is 5. The van der Waals surface area contributed by atoms with Gasteiger partial charge >= 0.3 is 0 Å². The summed E-state index contributed by atoms with van der Waals surface area (Å²) in [5.41, 5.74) is 8.33. The number of nitrogens with two attached hydrogens (primary N) is 1. The highest BCUT2D eigenvalue weighted by Crippen LogP contribution is 2.39. The molecule has 1 aliphatic rings. The van der Waals surface area contributed by atoms with E-state index in [-0.39, 0.29) is 17.9 Å². The molecule has 0 unspecified atom stereocenters. The predicted octanol–water partition coefficient (Wildman–Crippen LogP) is 4.29. The summed E-state index contributed by atoms with van der Waals surface area (Å²) in [5.74, 6) is 0.433. The molecule has 2 aromatic rings. The van der Waals surface area contributed by atoms with Crippen LogP contribution in [0.15, 0.2) is 24.3 Å². The molecule has 28 heavy (non-hydrogen) atoms. The molecule has 0 fully saturated rings. The number of amides is 2. The fourth-order valence-electron chi connectivity index (χ4n) is 3.46. The van der Waals surface area contributed by atoms with Crippen LogP contribution in [0.2, 0.25) is 0 Å². The lowest BCUT2D eigenvalue weighted by molar-refractivity contribution is -0.118. The zero-order chi connectivity index (χ0) is 20.5. The molecule has 1 atom stereocenters. The Labute approximate surface area is 170 Å². The van der Waals surface area contributed by atoms with Gasteiger partial charge in [-0.25, -0.2) is 0 Å². The van der Waals surface area contributed by atoms with E-state index in [9.17, 15) is 9.59 Å². The fourth-order valence-corrected chi connectivity index (χ4v) is 4.89. The van der Waals surface area contributed by atoms with Crippen molar-refractivity contribution in [1.29, 1.82) is 0 Å². The Morgan fingerprint density at radius 2 is 1.93 bits per heavy atom. The van der Waals surface area contributed by atoms with Gasteiger partial charge in [0.05, 0.1) is 5.56 Å². The Morgan fingerprint density at radius 3 is 2.54 bits per heavy atom. The summed E-state index contributed by atoms with van der Waals surface area (Å²) in [6.07, 6.45) is 2.79. The Kier molecular flexibility index (Phi) is 5.79. The number of benzene rings is 1. The average molecular weight is 401 g/mol. The number of fused-ring (bicyclic) bond motifs is 1. The Morgan fingerprint density at radius 1 is 1.25 bits per heavy atom. The van der Waals surface area contributed by atoms with Crippen LogP contribution in [0.25, 0.3) is 0 Å². The van der Waals surface area contributed by atoms with Crippen LogP contribution in [0.1, 0.15) is 60.5 Å². The third-order valence-electron chi connectivity index (χ3n) is 5.10. The van der Waals surface area contributed by atoms with Crippen molar-refractivity contribution < 1.29 is 14.3 Å². The summed E-state index contributed by atoms with van der Waals surface area (Å²) in [7, 11) is 0.